The lowest BCUT2D eigenvalue weighted by Gasteiger charge is -2.24. The van der Waals surface area contributed by atoms with E-state index >= 15 is 0 Å². The Balaban J connectivity index is 1.72. The molecule has 152 valence electrons. The van der Waals surface area contributed by atoms with E-state index in [0.29, 0.717) is 30.4 Å². The molecule has 6 nitrogen and oxygen atoms in total. The first-order valence-electron chi connectivity index (χ1n) is 8.97. The highest BCUT2D eigenvalue weighted by Crippen LogP contribution is 2.36. The van der Waals surface area contributed by atoms with Gasteiger partial charge in [-0.3, -0.25) is 5.10 Å². The lowest BCUT2D eigenvalue weighted by atomic mass is 9.97. The summed E-state index contributed by atoms with van der Waals surface area (Å²) < 4.78 is 52.9. The summed E-state index contributed by atoms with van der Waals surface area (Å²) in [6.45, 7) is 2.18. The first-order valence-corrected chi connectivity index (χ1v) is 10.8. The molecule has 0 unspecified atom stereocenters. The van der Waals surface area contributed by atoms with Crippen LogP contribution < -0.4 is 0 Å². The number of aryl methyl sites for hydroxylation is 1. The van der Waals surface area contributed by atoms with E-state index in [1.807, 2.05) is 18.2 Å². The number of nitrogens with zero attached hydrogens (tertiary/aromatic N) is 2. The maximum Gasteiger partial charge on any atom is 0.211 e. The minimum atomic E-state index is -3.22. The van der Waals surface area contributed by atoms with E-state index in [9.17, 15) is 22.3 Å². The normalized spacial score (nSPS) is 15.7. The van der Waals surface area contributed by atoms with Crippen LogP contribution in [0.15, 0.2) is 30.3 Å². The number of sulfonamides is 1. The summed E-state index contributed by atoms with van der Waals surface area (Å²) in [5.74, 6) is -3.06. The minimum Gasteiger partial charge on any atom is -0.503 e. The molecule has 0 bridgehead atoms. The molecule has 4 rings (SSSR count). The van der Waals surface area contributed by atoms with Crippen LogP contribution in [0.25, 0.3) is 27.7 Å². The van der Waals surface area contributed by atoms with E-state index < -0.39 is 27.4 Å². The molecular weight excluding hydrogens is 400 g/mol. The zero-order valence-corrected chi connectivity index (χ0v) is 16.6. The molecule has 2 heterocycles. The van der Waals surface area contributed by atoms with Crippen LogP contribution in [0, 0.1) is 18.6 Å². The van der Waals surface area contributed by atoms with E-state index in [4.69, 9.17) is 0 Å². The number of hydrogen-bond donors (Lipinski definition) is 2. The maximum absolute atomic E-state index is 14.4. The number of phenols is 1. The summed E-state index contributed by atoms with van der Waals surface area (Å²) in [4.78, 5) is 0. The first-order chi connectivity index (χ1) is 13.7. The summed E-state index contributed by atoms with van der Waals surface area (Å²) in [6.07, 6.45) is 3.65. The average molecular weight is 419 g/mol. The van der Waals surface area contributed by atoms with E-state index in [1.165, 1.54) is 23.6 Å². The van der Waals surface area contributed by atoms with Crippen molar-refractivity contribution in [1.82, 2.24) is 14.5 Å². The Bertz CT molecular complexity index is 1270. The fourth-order valence-corrected chi connectivity index (χ4v) is 4.33. The van der Waals surface area contributed by atoms with Crippen molar-refractivity contribution in [2.24, 2.45) is 0 Å². The van der Waals surface area contributed by atoms with Crippen LogP contribution in [0.5, 0.6) is 5.75 Å². The molecule has 2 aromatic carbocycles. The number of aromatic nitrogens is 2. The van der Waals surface area contributed by atoms with E-state index in [2.05, 4.69) is 10.2 Å². The van der Waals surface area contributed by atoms with Crippen LogP contribution in [0.2, 0.25) is 0 Å². The molecule has 0 saturated heterocycles. The summed E-state index contributed by atoms with van der Waals surface area (Å²) in [6, 6.07) is 6.82. The third-order valence-electron chi connectivity index (χ3n) is 5.19. The Morgan fingerprint density at radius 3 is 2.62 bits per heavy atom. The van der Waals surface area contributed by atoms with Crippen molar-refractivity contribution >= 4 is 26.5 Å². The van der Waals surface area contributed by atoms with Crippen molar-refractivity contribution < 1.29 is 22.3 Å². The highest BCUT2D eigenvalue weighted by atomic mass is 32.2. The largest absolute Gasteiger partial charge is 0.503 e. The molecular formula is C20H19F2N3O3S. The smallest absolute Gasteiger partial charge is 0.211 e. The highest BCUT2D eigenvalue weighted by molar-refractivity contribution is 7.88. The molecule has 29 heavy (non-hydrogen) atoms. The van der Waals surface area contributed by atoms with Gasteiger partial charge in [-0.25, -0.2) is 17.2 Å². The van der Waals surface area contributed by atoms with Crippen LogP contribution >= 0.6 is 0 Å². The van der Waals surface area contributed by atoms with Gasteiger partial charge in [0.05, 0.1) is 11.8 Å². The number of aromatic amines is 1. The first kappa shape index (κ1) is 19.5. The second-order valence-electron chi connectivity index (χ2n) is 7.15. The zero-order chi connectivity index (χ0) is 20.9. The number of hydrogen-bond acceptors (Lipinski definition) is 4. The molecule has 0 atom stereocenters. The Labute approximate surface area is 166 Å². The number of rotatable bonds is 3. The van der Waals surface area contributed by atoms with Crippen LogP contribution in [0.4, 0.5) is 8.78 Å². The fourth-order valence-electron chi connectivity index (χ4n) is 3.56. The quantitative estimate of drug-likeness (QED) is 0.680. The molecule has 1 aliphatic heterocycles. The van der Waals surface area contributed by atoms with Gasteiger partial charge < -0.3 is 5.11 Å². The van der Waals surface area contributed by atoms with Gasteiger partial charge in [-0.1, -0.05) is 12.1 Å². The molecule has 0 spiro atoms. The molecule has 2 N–H and O–H groups in total. The van der Waals surface area contributed by atoms with Crippen molar-refractivity contribution in [3.05, 3.63) is 53.1 Å². The lowest BCUT2D eigenvalue weighted by molar-refractivity contribution is 0.395. The summed E-state index contributed by atoms with van der Waals surface area (Å²) >= 11 is 0. The predicted octanol–water partition coefficient (Wildman–Crippen LogP) is 3.57. The number of benzene rings is 2. The van der Waals surface area contributed by atoms with Crippen molar-refractivity contribution in [3.8, 4) is 17.0 Å². The summed E-state index contributed by atoms with van der Waals surface area (Å²) in [7, 11) is -3.22. The van der Waals surface area contributed by atoms with Crippen LogP contribution in [-0.2, 0) is 10.0 Å². The third-order valence-corrected chi connectivity index (χ3v) is 6.46. The van der Waals surface area contributed by atoms with Gasteiger partial charge in [0.1, 0.15) is 5.69 Å². The van der Waals surface area contributed by atoms with Gasteiger partial charge in [0.25, 0.3) is 0 Å². The Morgan fingerprint density at radius 2 is 1.97 bits per heavy atom. The Morgan fingerprint density at radius 1 is 1.21 bits per heavy atom. The SMILES string of the molecule is Cc1cc(-c2n[nH]c3cc(C4=CCN(S(C)(=O)=O)CC4)ccc23)c(F)c(O)c1F. The van der Waals surface area contributed by atoms with Crippen molar-refractivity contribution in [3.63, 3.8) is 0 Å². The van der Waals surface area contributed by atoms with E-state index in [-0.39, 0.29) is 16.8 Å². The monoisotopic (exact) mass is 419 g/mol. The fraction of sp³-hybridized carbons (Fsp3) is 0.250. The molecule has 9 heteroatoms. The van der Waals surface area contributed by atoms with Crippen LogP contribution in [0.3, 0.4) is 0 Å². The predicted molar refractivity (Wildman–Crippen MR) is 107 cm³/mol. The van der Waals surface area contributed by atoms with Gasteiger partial charge in [-0.05, 0) is 48.2 Å². The number of nitrogens with one attached hydrogen (secondary N) is 1. The number of aromatic hydroxyl groups is 1. The van der Waals surface area contributed by atoms with Crippen molar-refractivity contribution in [2.75, 3.05) is 19.3 Å². The molecule has 3 aromatic rings. The standard InChI is InChI=1S/C20H19F2N3O3S/c1-11-9-15(18(22)20(26)17(11)21)19-14-4-3-13(10-16(14)23-24-19)12-5-7-25(8-6-12)29(2,27)28/h3-5,9-10,26H,6-8H2,1-2H3,(H,23,24). The van der Waals surface area contributed by atoms with Gasteiger partial charge >= 0.3 is 0 Å². The molecule has 0 amide bonds. The second kappa shape index (κ2) is 6.93. The van der Waals surface area contributed by atoms with Gasteiger partial charge in [0.15, 0.2) is 17.4 Å². The Hall–Kier alpha value is -2.78. The number of fused-ring (bicyclic) bond motifs is 1. The third kappa shape index (κ3) is 3.40. The molecule has 0 radical (unpaired) electrons. The van der Waals surface area contributed by atoms with E-state index in [1.54, 1.807) is 6.07 Å². The lowest BCUT2D eigenvalue weighted by Crippen LogP contribution is -2.33. The van der Waals surface area contributed by atoms with Gasteiger partial charge in [-0.2, -0.15) is 9.40 Å². The number of H-pyrrole nitrogens is 1. The topological polar surface area (TPSA) is 86.3 Å². The zero-order valence-electron chi connectivity index (χ0n) is 15.8. The summed E-state index contributed by atoms with van der Waals surface area (Å²) in [5.41, 5.74) is 3.01. The summed E-state index contributed by atoms with van der Waals surface area (Å²) in [5, 5.41) is 17.3. The molecule has 1 aliphatic rings. The van der Waals surface area contributed by atoms with Gasteiger partial charge in [0, 0.05) is 24.0 Å². The second-order valence-corrected chi connectivity index (χ2v) is 9.13. The van der Waals surface area contributed by atoms with Crippen molar-refractivity contribution in [2.45, 2.75) is 13.3 Å². The minimum absolute atomic E-state index is 0.0149. The average Bonchev–Trinajstić information content (AvgIpc) is 3.11. The highest BCUT2D eigenvalue weighted by Gasteiger charge is 2.22. The molecule has 0 aliphatic carbocycles. The van der Waals surface area contributed by atoms with E-state index in [0.717, 1.165) is 11.1 Å². The van der Waals surface area contributed by atoms with Crippen LogP contribution in [-0.4, -0.2) is 47.4 Å². The maximum atomic E-state index is 14.4. The van der Waals surface area contributed by atoms with Crippen molar-refractivity contribution in [1.29, 1.82) is 0 Å². The molecule has 0 saturated carbocycles. The van der Waals surface area contributed by atoms with Gasteiger partial charge in [-0.15, -0.1) is 0 Å². The number of halogens is 2. The Kier molecular flexibility index (Phi) is 4.66. The van der Waals surface area contributed by atoms with Crippen LogP contribution in [0.1, 0.15) is 17.5 Å². The molecule has 0 fully saturated rings. The molecule has 1 aromatic heterocycles. The number of phenolic OH excluding ortho intramolecular Hbond substituents is 1. The van der Waals surface area contributed by atoms with Gasteiger partial charge in [0.2, 0.25) is 10.0 Å².